The van der Waals surface area contributed by atoms with Crippen molar-refractivity contribution in [2.45, 2.75) is 23.7 Å². The van der Waals surface area contributed by atoms with Crippen LogP contribution >= 0.6 is 23.2 Å². The van der Waals surface area contributed by atoms with Crippen LogP contribution in [0.15, 0.2) is 23.1 Å². The molecule has 1 aromatic carbocycles. The lowest BCUT2D eigenvalue weighted by Gasteiger charge is -2.32. The third kappa shape index (κ3) is 3.53. The first-order valence-electron chi connectivity index (χ1n) is 6.24. The molecular weight excluding hydrogens is 357 g/mol. The molecule has 1 aliphatic rings. The quantitative estimate of drug-likeness (QED) is 0.760. The Morgan fingerprint density at radius 3 is 2.62 bits per heavy atom. The van der Waals surface area contributed by atoms with E-state index < -0.39 is 25.9 Å². The van der Waals surface area contributed by atoms with E-state index in [0.29, 0.717) is 5.56 Å². The summed E-state index contributed by atoms with van der Waals surface area (Å²) in [5.41, 5.74) is 0.636. The third-order valence-corrected chi connectivity index (χ3v) is 7.94. The molecule has 1 fully saturated rings. The molecule has 118 valence electrons. The highest BCUT2D eigenvalue weighted by atomic mass is 35.5. The molecule has 1 saturated heterocycles. The molecule has 0 bridgehead atoms. The Hall–Kier alpha value is -0.340. The van der Waals surface area contributed by atoms with E-state index in [1.807, 2.05) is 0 Å². The summed E-state index contributed by atoms with van der Waals surface area (Å²) < 4.78 is 49.7. The van der Waals surface area contributed by atoms with E-state index >= 15 is 0 Å². The molecule has 1 heterocycles. The number of hydrogen-bond acceptors (Lipinski definition) is 4. The number of benzene rings is 1. The van der Waals surface area contributed by atoms with Crippen molar-refractivity contribution in [2.24, 2.45) is 0 Å². The van der Waals surface area contributed by atoms with Gasteiger partial charge in [-0.2, -0.15) is 4.31 Å². The minimum atomic E-state index is -3.85. The van der Waals surface area contributed by atoms with E-state index in [1.54, 1.807) is 13.0 Å². The van der Waals surface area contributed by atoms with Crippen LogP contribution in [0.4, 0.5) is 0 Å². The summed E-state index contributed by atoms with van der Waals surface area (Å²) in [5.74, 6) is -0.188. The molecule has 1 aliphatic heterocycles. The van der Waals surface area contributed by atoms with Crippen molar-refractivity contribution in [1.29, 1.82) is 0 Å². The Balaban J connectivity index is 2.43. The summed E-state index contributed by atoms with van der Waals surface area (Å²) in [6, 6.07) is 3.95. The summed E-state index contributed by atoms with van der Waals surface area (Å²) in [6.45, 7) is 1.51. The van der Waals surface area contributed by atoms with E-state index in [4.69, 9.17) is 23.2 Å². The number of alkyl halides is 1. The molecule has 0 aromatic heterocycles. The van der Waals surface area contributed by atoms with Crippen LogP contribution in [0.2, 0.25) is 5.02 Å². The van der Waals surface area contributed by atoms with Crippen molar-refractivity contribution in [3.05, 3.63) is 28.8 Å². The SMILES string of the molecule is CC1CS(=O)(=O)CCN1S(=O)(=O)c1cc(CCl)ccc1Cl. The molecule has 0 amide bonds. The lowest BCUT2D eigenvalue weighted by atomic mass is 10.2. The van der Waals surface area contributed by atoms with Gasteiger partial charge in [0.25, 0.3) is 0 Å². The number of nitrogens with zero attached hydrogens (tertiary/aromatic N) is 1. The van der Waals surface area contributed by atoms with Gasteiger partial charge in [0.1, 0.15) is 4.90 Å². The fourth-order valence-electron chi connectivity index (χ4n) is 2.30. The molecule has 1 unspecified atom stereocenters. The van der Waals surface area contributed by atoms with Crippen molar-refractivity contribution >= 4 is 43.1 Å². The maximum Gasteiger partial charge on any atom is 0.244 e. The lowest BCUT2D eigenvalue weighted by Crippen LogP contribution is -2.49. The van der Waals surface area contributed by atoms with Crippen molar-refractivity contribution in [2.75, 3.05) is 18.1 Å². The van der Waals surface area contributed by atoms with Crippen molar-refractivity contribution in [3.8, 4) is 0 Å². The molecule has 0 aliphatic carbocycles. The minimum absolute atomic E-state index is 0.0338. The summed E-state index contributed by atoms with van der Waals surface area (Å²) >= 11 is 11.7. The molecule has 5 nitrogen and oxygen atoms in total. The van der Waals surface area contributed by atoms with Gasteiger partial charge >= 0.3 is 0 Å². The summed E-state index contributed by atoms with van der Waals surface area (Å²) in [5, 5.41) is 0.101. The number of halogens is 2. The molecule has 1 atom stereocenters. The van der Waals surface area contributed by atoms with Gasteiger partial charge in [0.05, 0.1) is 16.5 Å². The Bertz CT molecular complexity index is 747. The normalized spacial score (nSPS) is 23.1. The van der Waals surface area contributed by atoms with Crippen LogP contribution in [0.3, 0.4) is 0 Å². The average Bonchev–Trinajstić information content (AvgIpc) is 2.37. The first kappa shape index (κ1) is 17.0. The van der Waals surface area contributed by atoms with E-state index in [1.165, 1.54) is 16.4 Å². The molecule has 0 radical (unpaired) electrons. The van der Waals surface area contributed by atoms with Crippen molar-refractivity contribution in [3.63, 3.8) is 0 Å². The second kappa shape index (κ2) is 6.04. The summed E-state index contributed by atoms with van der Waals surface area (Å²) in [7, 11) is -7.04. The Labute approximate surface area is 134 Å². The number of sulfone groups is 1. The Morgan fingerprint density at radius 1 is 1.38 bits per heavy atom. The molecule has 2 rings (SSSR count). The van der Waals surface area contributed by atoms with Gasteiger partial charge in [-0.15, -0.1) is 11.6 Å². The van der Waals surface area contributed by atoms with Gasteiger partial charge in [0.2, 0.25) is 10.0 Å². The Kier molecular flexibility index (Phi) is 4.90. The van der Waals surface area contributed by atoms with Gasteiger partial charge in [-0.05, 0) is 24.6 Å². The highest BCUT2D eigenvalue weighted by molar-refractivity contribution is 7.92. The van der Waals surface area contributed by atoms with Gasteiger partial charge in [0.15, 0.2) is 9.84 Å². The second-order valence-corrected chi connectivity index (χ2v) is 9.74. The van der Waals surface area contributed by atoms with Crippen LogP contribution in [0, 0.1) is 0 Å². The van der Waals surface area contributed by atoms with Crippen LogP contribution in [-0.2, 0) is 25.7 Å². The highest BCUT2D eigenvalue weighted by Crippen LogP contribution is 2.29. The van der Waals surface area contributed by atoms with Gasteiger partial charge in [-0.3, -0.25) is 0 Å². The predicted octanol–water partition coefficient (Wildman–Crippen LogP) is 1.89. The van der Waals surface area contributed by atoms with Gasteiger partial charge in [-0.1, -0.05) is 17.7 Å². The number of rotatable bonds is 3. The summed E-state index contributed by atoms with van der Waals surface area (Å²) in [4.78, 5) is -0.0338. The van der Waals surface area contributed by atoms with Gasteiger partial charge in [-0.25, -0.2) is 16.8 Å². The highest BCUT2D eigenvalue weighted by Gasteiger charge is 2.37. The first-order chi connectivity index (χ1) is 9.67. The van der Waals surface area contributed by atoms with Crippen LogP contribution < -0.4 is 0 Å². The smallest absolute Gasteiger partial charge is 0.229 e. The zero-order chi connectivity index (χ0) is 15.8. The van der Waals surface area contributed by atoms with Crippen LogP contribution in [0.25, 0.3) is 0 Å². The van der Waals surface area contributed by atoms with Crippen LogP contribution in [0.1, 0.15) is 12.5 Å². The largest absolute Gasteiger partial charge is 0.244 e. The molecule has 21 heavy (non-hydrogen) atoms. The first-order valence-corrected chi connectivity index (χ1v) is 10.4. The maximum absolute atomic E-state index is 12.7. The molecule has 9 heteroatoms. The van der Waals surface area contributed by atoms with E-state index in [-0.39, 0.29) is 33.8 Å². The monoisotopic (exact) mass is 371 g/mol. The fraction of sp³-hybridized carbons (Fsp3) is 0.500. The zero-order valence-corrected chi connectivity index (χ0v) is 14.4. The van der Waals surface area contributed by atoms with E-state index in [9.17, 15) is 16.8 Å². The average molecular weight is 372 g/mol. The number of hydrogen-bond donors (Lipinski definition) is 0. The second-order valence-electron chi connectivity index (χ2n) is 4.98. The maximum atomic E-state index is 12.7. The summed E-state index contributed by atoms with van der Waals surface area (Å²) in [6.07, 6.45) is 0. The van der Waals surface area contributed by atoms with Crippen LogP contribution in [-0.4, -0.2) is 45.2 Å². The van der Waals surface area contributed by atoms with Gasteiger partial charge < -0.3 is 0 Å². The molecule has 0 N–H and O–H groups in total. The van der Waals surface area contributed by atoms with E-state index in [2.05, 4.69) is 0 Å². The third-order valence-electron chi connectivity index (χ3n) is 3.35. The molecule has 0 spiro atoms. The predicted molar refractivity (Wildman–Crippen MR) is 83.0 cm³/mol. The standard InChI is InChI=1S/C12H15Cl2NO4S2/c1-9-8-20(16,17)5-4-15(9)21(18,19)12-6-10(7-13)2-3-11(12)14/h2-3,6,9H,4-5,7-8H2,1H3. The molecule has 1 aromatic rings. The van der Waals surface area contributed by atoms with Gasteiger partial charge in [0, 0.05) is 18.5 Å². The van der Waals surface area contributed by atoms with E-state index in [0.717, 1.165) is 0 Å². The van der Waals surface area contributed by atoms with Crippen molar-refractivity contribution in [1.82, 2.24) is 4.31 Å². The molecular formula is C12H15Cl2NO4S2. The van der Waals surface area contributed by atoms with Crippen LogP contribution in [0.5, 0.6) is 0 Å². The topological polar surface area (TPSA) is 71.5 Å². The molecule has 0 saturated carbocycles. The minimum Gasteiger partial charge on any atom is -0.229 e. The Morgan fingerprint density at radius 2 is 2.05 bits per heavy atom. The number of sulfonamides is 1. The fourth-order valence-corrected chi connectivity index (χ4v) is 6.39. The lowest BCUT2D eigenvalue weighted by molar-refractivity contribution is 0.357. The zero-order valence-electron chi connectivity index (χ0n) is 11.3. The van der Waals surface area contributed by atoms with Crippen molar-refractivity contribution < 1.29 is 16.8 Å².